The molecule has 0 fully saturated rings. The number of anilines is 2. The van der Waals surface area contributed by atoms with Crippen molar-refractivity contribution >= 4 is 17.5 Å². The van der Waals surface area contributed by atoms with Gasteiger partial charge in [-0.1, -0.05) is 37.3 Å². The molecule has 2 aromatic rings. The number of rotatable bonds is 8. The van der Waals surface area contributed by atoms with Gasteiger partial charge in [0.2, 0.25) is 5.91 Å². The fraction of sp³-hybridized carbons (Fsp3) is 0.421. The molecule has 0 spiro atoms. The van der Waals surface area contributed by atoms with Gasteiger partial charge >= 0.3 is 0 Å². The molecule has 6 nitrogen and oxygen atoms in total. The summed E-state index contributed by atoms with van der Waals surface area (Å²) in [5.41, 5.74) is 1.05. The number of nitrogens with one attached hydrogen (secondary N) is 2. The summed E-state index contributed by atoms with van der Waals surface area (Å²) in [7, 11) is 3.89. The lowest BCUT2D eigenvalue weighted by atomic mass is 9.96. The maximum absolute atomic E-state index is 12.4. The monoisotopic (exact) mass is 341 g/mol. The van der Waals surface area contributed by atoms with Crippen LogP contribution < -0.4 is 15.5 Å². The third-order valence-corrected chi connectivity index (χ3v) is 3.94. The topological polar surface area (TPSA) is 70.2 Å². The van der Waals surface area contributed by atoms with Crippen molar-refractivity contribution in [2.45, 2.75) is 26.2 Å². The molecule has 0 aliphatic carbocycles. The van der Waals surface area contributed by atoms with E-state index >= 15 is 0 Å². The van der Waals surface area contributed by atoms with Crippen LogP contribution in [-0.2, 0) is 4.79 Å². The number of amides is 1. The highest BCUT2D eigenvalue weighted by molar-refractivity contribution is 5.83. The molecule has 0 bridgehead atoms. The number of carbonyl (C=O) groups excluding carboxylic acids is 1. The van der Waals surface area contributed by atoms with Crippen molar-refractivity contribution in [2.24, 2.45) is 0 Å². The number of carbonyl (C=O) groups is 1. The Balaban J connectivity index is 1.85. The molecule has 0 aliphatic rings. The first-order valence-corrected chi connectivity index (χ1v) is 8.60. The molecule has 6 heteroatoms. The summed E-state index contributed by atoms with van der Waals surface area (Å²) in [6, 6.07) is 11.8. The van der Waals surface area contributed by atoms with Crippen LogP contribution in [0.2, 0.25) is 0 Å². The van der Waals surface area contributed by atoms with E-state index in [1.807, 2.05) is 69.2 Å². The molecule has 0 saturated heterocycles. The molecule has 1 aromatic heterocycles. The predicted molar refractivity (Wildman–Crippen MR) is 102 cm³/mol. The molecule has 1 aromatic carbocycles. The van der Waals surface area contributed by atoms with Crippen LogP contribution in [0.4, 0.5) is 11.6 Å². The van der Waals surface area contributed by atoms with Crippen molar-refractivity contribution in [3.8, 4) is 0 Å². The second-order valence-electron chi connectivity index (χ2n) is 6.14. The molecular weight excluding hydrogens is 314 g/mol. The number of nitrogens with zero attached hydrogens (tertiary/aromatic N) is 3. The van der Waals surface area contributed by atoms with Crippen LogP contribution in [0.25, 0.3) is 0 Å². The Hall–Kier alpha value is -2.63. The van der Waals surface area contributed by atoms with Gasteiger partial charge in [0.05, 0.1) is 5.92 Å². The standard InChI is InChI=1S/C19H27N5O/c1-5-16(15-9-7-6-8-10-15)19(25)21-12-11-20-17-13-18(24(3)4)23-14(2)22-17/h6-10,13,16H,5,11-12H2,1-4H3,(H,21,25)(H,20,22,23). The van der Waals surface area contributed by atoms with Gasteiger partial charge in [-0.15, -0.1) is 0 Å². The van der Waals surface area contributed by atoms with Crippen molar-refractivity contribution in [2.75, 3.05) is 37.4 Å². The maximum atomic E-state index is 12.4. The first kappa shape index (κ1) is 18.7. The molecule has 1 amide bonds. The number of aromatic nitrogens is 2. The van der Waals surface area contributed by atoms with E-state index in [0.29, 0.717) is 18.9 Å². The van der Waals surface area contributed by atoms with Gasteiger partial charge in [0.25, 0.3) is 0 Å². The molecule has 0 radical (unpaired) electrons. The van der Waals surface area contributed by atoms with Crippen molar-refractivity contribution in [1.29, 1.82) is 0 Å². The Morgan fingerprint density at radius 2 is 1.88 bits per heavy atom. The van der Waals surface area contributed by atoms with E-state index in [-0.39, 0.29) is 11.8 Å². The van der Waals surface area contributed by atoms with Gasteiger partial charge in [-0.25, -0.2) is 9.97 Å². The van der Waals surface area contributed by atoms with Crippen molar-refractivity contribution in [3.63, 3.8) is 0 Å². The van der Waals surface area contributed by atoms with Gasteiger partial charge in [0.1, 0.15) is 17.5 Å². The normalized spacial score (nSPS) is 11.7. The van der Waals surface area contributed by atoms with Crippen molar-refractivity contribution in [3.05, 3.63) is 47.8 Å². The van der Waals surface area contributed by atoms with Crippen LogP contribution in [0.1, 0.15) is 30.7 Å². The average molecular weight is 341 g/mol. The average Bonchev–Trinajstić information content (AvgIpc) is 2.60. The Labute approximate surface area is 149 Å². The highest BCUT2D eigenvalue weighted by Gasteiger charge is 2.17. The van der Waals surface area contributed by atoms with Gasteiger partial charge in [-0.2, -0.15) is 0 Å². The first-order valence-electron chi connectivity index (χ1n) is 8.60. The lowest BCUT2D eigenvalue weighted by Gasteiger charge is -2.16. The molecule has 1 atom stereocenters. The molecular formula is C19H27N5O. The molecule has 0 aliphatic heterocycles. The lowest BCUT2D eigenvalue weighted by molar-refractivity contribution is -0.122. The Morgan fingerprint density at radius 1 is 1.16 bits per heavy atom. The van der Waals surface area contributed by atoms with E-state index in [9.17, 15) is 4.79 Å². The summed E-state index contributed by atoms with van der Waals surface area (Å²) in [5.74, 6) is 2.29. The summed E-state index contributed by atoms with van der Waals surface area (Å²) < 4.78 is 0. The Bertz CT molecular complexity index is 687. The zero-order valence-corrected chi connectivity index (χ0v) is 15.4. The van der Waals surface area contributed by atoms with E-state index in [4.69, 9.17) is 0 Å². The van der Waals surface area contributed by atoms with Gasteiger partial charge in [0.15, 0.2) is 0 Å². The maximum Gasteiger partial charge on any atom is 0.227 e. The van der Waals surface area contributed by atoms with E-state index < -0.39 is 0 Å². The summed E-state index contributed by atoms with van der Waals surface area (Å²) in [4.78, 5) is 23.1. The van der Waals surface area contributed by atoms with Crippen LogP contribution in [-0.4, -0.2) is 43.1 Å². The number of hydrogen-bond acceptors (Lipinski definition) is 5. The van der Waals surface area contributed by atoms with Gasteiger partial charge in [0, 0.05) is 33.3 Å². The lowest BCUT2D eigenvalue weighted by Crippen LogP contribution is -2.33. The second-order valence-corrected chi connectivity index (χ2v) is 6.14. The largest absolute Gasteiger partial charge is 0.368 e. The van der Waals surface area contributed by atoms with Crippen LogP contribution in [0.15, 0.2) is 36.4 Å². The zero-order chi connectivity index (χ0) is 18.2. The summed E-state index contributed by atoms with van der Waals surface area (Å²) in [5, 5.41) is 6.24. The SMILES string of the molecule is CCC(C(=O)NCCNc1cc(N(C)C)nc(C)n1)c1ccccc1. The summed E-state index contributed by atoms with van der Waals surface area (Å²) >= 11 is 0. The minimum atomic E-state index is -0.108. The minimum absolute atomic E-state index is 0.0587. The fourth-order valence-electron chi connectivity index (χ4n) is 2.63. The van der Waals surface area contributed by atoms with E-state index in [0.717, 1.165) is 23.6 Å². The quantitative estimate of drug-likeness (QED) is 0.722. The van der Waals surface area contributed by atoms with Crippen LogP contribution in [0.3, 0.4) is 0 Å². The minimum Gasteiger partial charge on any atom is -0.368 e. The van der Waals surface area contributed by atoms with Gasteiger partial charge < -0.3 is 15.5 Å². The highest BCUT2D eigenvalue weighted by atomic mass is 16.1. The molecule has 134 valence electrons. The Kier molecular flexibility index (Phi) is 6.74. The number of aryl methyl sites for hydroxylation is 1. The summed E-state index contributed by atoms with van der Waals surface area (Å²) in [6.07, 6.45) is 0.778. The predicted octanol–water partition coefficient (Wildman–Crippen LogP) is 2.57. The zero-order valence-electron chi connectivity index (χ0n) is 15.4. The molecule has 1 heterocycles. The highest BCUT2D eigenvalue weighted by Crippen LogP contribution is 2.19. The van der Waals surface area contributed by atoms with Gasteiger partial charge in [-0.05, 0) is 18.9 Å². The second kappa shape index (κ2) is 9.01. The van der Waals surface area contributed by atoms with Crippen LogP contribution in [0, 0.1) is 6.92 Å². The van der Waals surface area contributed by atoms with Crippen molar-refractivity contribution in [1.82, 2.24) is 15.3 Å². The first-order chi connectivity index (χ1) is 12.0. The third kappa shape index (κ3) is 5.45. The van der Waals surface area contributed by atoms with Gasteiger partial charge in [-0.3, -0.25) is 4.79 Å². The Morgan fingerprint density at radius 3 is 2.52 bits per heavy atom. The van der Waals surface area contributed by atoms with E-state index in [1.165, 1.54) is 0 Å². The fourth-order valence-corrected chi connectivity index (χ4v) is 2.63. The smallest absolute Gasteiger partial charge is 0.227 e. The molecule has 25 heavy (non-hydrogen) atoms. The number of benzene rings is 1. The van der Waals surface area contributed by atoms with E-state index in [1.54, 1.807) is 0 Å². The van der Waals surface area contributed by atoms with E-state index in [2.05, 4.69) is 20.6 Å². The molecule has 1 unspecified atom stereocenters. The van der Waals surface area contributed by atoms with Crippen LogP contribution >= 0.6 is 0 Å². The molecule has 0 saturated carbocycles. The number of hydrogen-bond donors (Lipinski definition) is 2. The van der Waals surface area contributed by atoms with Crippen molar-refractivity contribution < 1.29 is 4.79 Å². The van der Waals surface area contributed by atoms with Crippen LogP contribution in [0.5, 0.6) is 0 Å². The third-order valence-electron chi connectivity index (χ3n) is 3.94. The molecule has 2 rings (SSSR count). The summed E-state index contributed by atoms with van der Waals surface area (Å²) in [6.45, 7) is 5.05. The molecule has 2 N–H and O–H groups in total.